The molecule has 0 amide bonds. The molecule has 1 heterocycles. The number of hydrogen-bond donors (Lipinski definition) is 2. The van der Waals surface area contributed by atoms with Gasteiger partial charge in [-0.2, -0.15) is 0 Å². The topological polar surface area (TPSA) is 80.8 Å². The number of benzene rings is 3. The summed E-state index contributed by atoms with van der Waals surface area (Å²) in [6.45, 7) is 0. The third-order valence-electron chi connectivity index (χ3n) is 4.74. The molecule has 0 spiro atoms. The first-order valence-electron chi connectivity index (χ1n) is 9.55. The van der Waals surface area contributed by atoms with Crippen LogP contribution < -0.4 is 19.1 Å². The second-order valence-corrected chi connectivity index (χ2v) is 7.91. The van der Waals surface area contributed by atoms with Gasteiger partial charge in [0.25, 0.3) is 0 Å². The Morgan fingerprint density at radius 3 is 2.13 bits per heavy atom. The van der Waals surface area contributed by atoms with E-state index in [4.69, 9.17) is 14.2 Å². The molecule has 0 unspecified atom stereocenters. The van der Waals surface area contributed by atoms with E-state index in [2.05, 4.69) is 4.98 Å². The summed E-state index contributed by atoms with van der Waals surface area (Å²) in [7, 11) is 3.25. The molecule has 4 rings (SSSR count). The minimum atomic E-state index is -0.263. The molecule has 0 aliphatic heterocycles. The van der Waals surface area contributed by atoms with Crippen LogP contribution in [0.5, 0.6) is 28.9 Å². The summed E-state index contributed by atoms with van der Waals surface area (Å²) >= 11 is 1.01. The van der Waals surface area contributed by atoms with Crippen LogP contribution in [0.15, 0.2) is 71.5 Å². The summed E-state index contributed by atoms with van der Waals surface area (Å²) < 4.78 is 16.7. The quantitative estimate of drug-likeness (QED) is 0.417. The van der Waals surface area contributed by atoms with Gasteiger partial charge in [0, 0.05) is 12.5 Å². The second-order valence-electron chi connectivity index (χ2n) is 6.84. The zero-order valence-corrected chi connectivity index (χ0v) is 17.9. The summed E-state index contributed by atoms with van der Waals surface area (Å²) in [6, 6.07) is 21.1. The number of H-pyrrole nitrogens is 1. The lowest BCUT2D eigenvalue weighted by atomic mass is 10.0. The van der Waals surface area contributed by atoms with E-state index >= 15 is 0 Å². The summed E-state index contributed by atoms with van der Waals surface area (Å²) in [5.41, 5.74) is 2.90. The van der Waals surface area contributed by atoms with Crippen LogP contribution in [-0.2, 0) is 6.42 Å². The average Bonchev–Trinajstić information content (AvgIpc) is 3.11. The molecular weight excluding hydrogens is 414 g/mol. The van der Waals surface area contributed by atoms with Gasteiger partial charge in [0.05, 0.1) is 19.1 Å². The van der Waals surface area contributed by atoms with Gasteiger partial charge in [-0.15, -0.1) is 0 Å². The van der Waals surface area contributed by atoms with Crippen LogP contribution in [0.25, 0.3) is 11.1 Å². The van der Waals surface area contributed by atoms with Crippen molar-refractivity contribution in [3.05, 3.63) is 86.8 Å². The molecule has 0 aliphatic carbocycles. The smallest absolute Gasteiger partial charge is 0.307 e. The lowest BCUT2D eigenvalue weighted by molar-refractivity contribution is 0.394. The summed E-state index contributed by atoms with van der Waals surface area (Å²) in [5, 5.41) is 9.74. The second kappa shape index (κ2) is 8.97. The molecule has 0 aliphatic rings. The third kappa shape index (κ3) is 4.90. The molecule has 2 N–H and O–H groups in total. The van der Waals surface area contributed by atoms with Crippen LogP contribution in [0.2, 0.25) is 0 Å². The number of rotatable bonds is 7. The Morgan fingerprint density at radius 2 is 1.52 bits per heavy atom. The zero-order valence-electron chi connectivity index (χ0n) is 17.0. The number of nitrogens with one attached hydrogen (secondary N) is 1. The van der Waals surface area contributed by atoms with Crippen molar-refractivity contribution in [1.29, 1.82) is 0 Å². The number of aromatic amines is 1. The third-order valence-corrected chi connectivity index (χ3v) is 5.61. The van der Waals surface area contributed by atoms with Gasteiger partial charge in [0.1, 0.15) is 23.0 Å². The average molecular weight is 436 g/mol. The summed E-state index contributed by atoms with van der Waals surface area (Å²) in [4.78, 5) is 14.1. The number of methoxy groups -OCH3 is 2. The predicted octanol–water partition coefficient (Wildman–Crippen LogP) is 5.21. The number of hydrogen-bond acceptors (Lipinski definition) is 6. The Labute approximate surface area is 183 Å². The molecule has 0 bridgehead atoms. The van der Waals surface area contributed by atoms with Crippen LogP contribution in [0, 0.1) is 0 Å². The first kappa shape index (κ1) is 20.6. The van der Waals surface area contributed by atoms with E-state index in [9.17, 15) is 9.90 Å². The number of aromatic hydroxyl groups is 1. The van der Waals surface area contributed by atoms with Gasteiger partial charge in [-0.3, -0.25) is 9.78 Å². The molecule has 7 heteroatoms. The molecule has 0 atom stereocenters. The minimum Gasteiger partial charge on any atom is -0.497 e. The first-order valence-corrected chi connectivity index (χ1v) is 10.4. The zero-order chi connectivity index (χ0) is 21.8. The van der Waals surface area contributed by atoms with Crippen molar-refractivity contribution >= 4 is 11.3 Å². The summed E-state index contributed by atoms with van der Waals surface area (Å²) in [5.74, 6) is 2.76. The maximum absolute atomic E-state index is 11.3. The highest BCUT2D eigenvalue weighted by Gasteiger charge is 2.09. The van der Waals surface area contributed by atoms with E-state index in [0.717, 1.165) is 39.5 Å². The van der Waals surface area contributed by atoms with Crippen molar-refractivity contribution in [3.8, 4) is 40.0 Å². The molecular formula is C24H21NO5S. The Balaban J connectivity index is 1.51. The van der Waals surface area contributed by atoms with Crippen molar-refractivity contribution in [2.75, 3.05) is 14.2 Å². The number of aromatic nitrogens is 1. The fourth-order valence-corrected chi connectivity index (χ4v) is 3.94. The van der Waals surface area contributed by atoms with Gasteiger partial charge in [0.2, 0.25) is 5.88 Å². The van der Waals surface area contributed by atoms with Gasteiger partial charge in [0.15, 0.2) is 0 Å². The molecule has 6 nitrogen and oxygen atoms in total. The fourth-order valence-electron chi connectivity index (χ4n) is 3.18. The van der Waals surface area contributed by atoms with E-state index in [1.807, 2.05) is 66.7 Å². The van der Waals surface area contributed by atoms with E-state index in [1.165, 1.54) is 0 Å². The first-order chi connectivity index (χ1) is 15.0. The highest BCUT2D eigenvalue weighted by atomic mass is 32.1. The Kier molecular flexibility index (Phi) is 5.95. The molecule has 0 saturated heterocycles. The van der Waals surface area contributed by atoms with Crippen molar-refractivity contribution < 1.29 is 19.3 Å². The molecule has 31 heavy (non-hydrogen) atoms. The van der Waals surface area contributed by atoms with Crippen LogP contribution in [-0.4, -0.2) is 24.3 Å². The largest absolute Gasteiger partial charge is 0.497 e. The van der Waals surface area contributed by atoms with Crippen LogP contribution in [0.1, 0.15) is 10.4 Å². The van der Waals surface area contributed by atoms with Gasteiger partial charge in [-0.25, -0.2) is 0 Å². The fraction of sp³-hybridized carbons (Fsp3) is 0.125. The van der Waals surface area contributed by atoms with Crippen molar-refractivity contribution in [1.82, 2.24) is 4.98 Å². The Morgan fingerprint density at radius 1 is 0.839 bits per heavy atom. The molecule has 4 aromatic rings. The molecule has 0 saturated carbocycles. The number of ether oxygens (including phenoxy) is 3. The monoisotopic (exact) mass is 435 g/mol. The molecule has 0 fully saturated rings. The van der Waals surface area contributed by atoms with Crippen LogP contribution in [0.3, 0.4) is 0 Å². The molecule has 158 valence electrons. The van der Waals surface area contributed by atoms with Crippen molar-refractivity contribution in [3.63, 3.8) is 0 Å². The summed E-state index contributed by atoms with van der Waals surface area (Å²) in [6.07, 6.45) is 0.475. The standard InChI is InChI=1S/C24H21NO5S/c1-28-20-12-17(13-21(14-20)29-2)16-4-3-5-19(11-16)30-18-8-6-15(7-9-18)10-22-23(26)25-24(27)31-22/h3-9,11-14,26H,10H2,1-2H3,(H,25,27). The Bertz CT molecular complexity index is 1220. The predicted molar refractivity (Wildman–Crippen MR) is 121 cm³/mol. The van der Waals surface area contributed by atoms with E-state index in [1.54, 1.807) is 14.2 Å². The van der Waals surface area contributed by atoms with Crippen molar-refractivity contribution in [2.45, 2.75) is 6.42 Å². The highest BCUT2D eigenvalue weighted by Crippen LogP contribution is 2.33. The van der Waals surface area contributed by atoms with Gasteiger partial charge in [-0.1, -0.05) is 35.6 Å². The lowest BCUT2D eigenvalue weighted by Gasteiger charge is -2.11. The number of thiazole rings is 1. The molecule has 3 aromatic carbocycles. The van der Waals surface area contributed by atoms with E-state index in [-0.39, 0.29) is 10.8 Å². The van der Waals surface area contributed by atoms with Crippen LogP contribution >= 0.6 is 11.3 Å². The van der Waals surface area contributed by atoms with Gasteiger partial charge in [-0.05, 0) is 53.1 Å². The van der Waals surface area contributed by atoms with E-state index < -0.39 is 0 Å². The highest BCUT2D eigenvalue weighted by molar-refractivity contribution is 7.09. The Hall–Kier alpha value is -3.71. The van der Waals surface area contributed by atoms with Crippen molar-refractivity contribution in [2.24, 2.45) is 0 Å². The van der Waals surface area contributed by atoms with E-state index in [0.29, 0.717) is 22.8 Å². The SMILES string of the molecule is COc1cc(OC)cc(-c2cccc(Oc3ccc(Cc4sc(=O)[nH]c4O)cc3)c2)c1. The minimum absolute atomic E-state index is 0.0682. The normalized spacial score (nSPS) is 10.6. The van der Waals surface area contributed by atoms with Gasteiger partial charge >= 0.3 is 4.87 Å². The maximum atomic E-state index is 11.3. The van der Waals surface area contributed by atoms with Crippen LogP contribution in [0.4, 0.5) is 0 Å². The molecule has 1 aromatic heterocycles. The molecule has 0 radical (unpaired) electrons. The lowest BCUT2D eigenvalue weighted by Crippen LogP contribution is -1.90. The maximum Gasteiger partial charge on any atom is 0.307 e. The van der Waals surface area contributed by atoms with Gasteiger partial charge < -0.3 is 19.3 Å².